The molecule has 7 unspecified atom stereocenters. The summed E-state index contributed by atoms with van der Waals surface area (Å²) in [7, 11) is 0. The summed E-state index contributed by atoms with van der Waals surface area (Å²) in [5, 5.41) is 18.9. The maximum atomic E-state index is 13.7. The monoisotopic (exact) mass is 389 g/mol. The highest BCUT2D eigenvalue weighted by Gasteiger charge is 2.32. The molecule has 0 bridgehead atoms. The Labute approximate surface area is 160 Å². The van der Waals surface area contributed by atoms with Gasteiger partial charge in [-0.25, -0.2) is 4.39 Å². The van der Waals surface area contributed by atoms with Crippen LogP contribution in [-0.4, -0.2) is 54.5 Å². The number of rotatable bonds is 5. The number of hydrogen-bond acceptors (Lipinski definition) is 4. The molecule has 4 N–H and O–H groups in total. The highest BCUT2D eigenvalue weighted by atomic mass is 35.5. The molecule has 1 amide bonds. The Balaban J connectivity index is 1.35. The molecule has 0 aromatic heterocycles. The largest absolute Gasteiger partial charge is 0.395 e. The third-order valence-electron chi connectivity index (χ3n) is 6.30. The summed E-state index contributed by atoms with van der Waals surface area (Å²) in [5.41, 5.74) is 0. The predicted octanol–water partition coefficient (Wildman–Crippen LogP) is 1.92. The molecule has 26 heavy (non-hydrogen) atoms. The summed E-state index contributed by atoms with van der Waals surface area (Å²) in [6.45, 7) is 1.65. The number of halogens is 2. The zero-order chi connectivity index (χ0) is 18.5. The van der Waals surface area contributed by atoms with E-state index in [0.29, 0.717) is 31.2 Å². The minimum atomic E-state index is -0.741. The minimum Gasteiger partial charge on any atom is -0.395 e. The van der Waals surface area contributed by atoms with Crippen molar-refractivity contribution in [3.63, 3.8) is 0 Å². The first-order chi connectivity index (χ1) is 12.5. The van der Waals surface area contributed by atoms with Crippen LogP contribution in [0.15, 0.2) is 0 Å². The van der Waals surface area contributed by atoms with E-state index in [1.165, 1.54) is 0 Å². The molecule has 3 rings (SSSR count). The summed E-state index contributed by atoms with van der Waals surface area (Å²) in [5.74, 6) is 1.03. The number of alkyl halides is 2. The van der Waals surface area contributed by atoms with E-state index in [1.54, 1.807) is 0 Å². The summed E-state index contributed by atoms with van der Waals surface area (Å²) >= 11 is 6.17. The van der Waals surface area contributed by atoms with Crippen LogP contribution in [0.5, 0.6) is 0 Å². The fourth-order valence-electron chi connectivity index (χ4n) is 4.78. The van der Waals surface area contributed by atoms with Gasteiger partial charge >= 0.3 is 0 Å². The van der Waals surface area contributed by atoms with Crippen molar-refractivity contribution < 1.29 is 14.3 Å². The topological polar surface area (TPSA) is 73.4 Å². The van der Waals surface area contributed by atoms with Crippen LogP contribution in [0.3, 0.4) is 0 Å². The normalized spacial score (nSPS) is 41.6. The number of nitrogens with one attached hydrogen (secondary N) is 3. The summed E-state index contributed by atoms with van der Waals surface area (Å²) < 4.78 is 13.7. The predicted molar refractivity (Wildman–Crippen MR) is 101 cm³/mol. The molecule has 2 saturated heterocycles. The Morgan fingerprint density at radius 3 is 2.54 bits per heavy atom. The minimum absolute atomic E-state index is 0.0122. The van der Waals surface area contributed by atoms with Gasteiger partial charge in [0.2, 0.25) is 5.91 Å². The van der Waals surface area contributed by atoms with Gasteiger partial charge in [0.25, 0.3) is 0 Å². The Morgan fingerprint density at radius 1 is 1.08 bits per heavy atom. The maximum absolute atomic E-state index is 13.7. The van der Waals surface area contributed by atoms with Gasteiger partial charge in [-0.2, -0.15) is 0 Å². The van der Waals surface area contributed by atoms with E-state index in [0.717, 1.165) is 45.1 Å². The van der Waals surface area contributed by atoms with Crippen LogP contribution in [0.25, 0.3) is 0 Å². The first kappa shape index (κ1) is 20.3. The van der Waals surface area contributed by atoms with Crippen LogP contribution in [0.2, 0.25) is 0 Å². The van der Waals surface area contributed by atoms with Crippen LogP contribution in [0.1, 0.15) is 51.4 Å². The van der Waals surface area contributed by atoms with E-state index in [4.69, 9.17) is 16.7 Å². The van der Waals surface area contributed by atoms with E-state index >= 15 is 0 Å². The Hall–Kier alpha value is -0.430. The van der Waals surface area contributed by atoms with Gasteiger partial charge in [0.15, 0.2) is 0 Å². The highest BCUT2D eigenvalue weighted by Crippen LogP contribution is 2.35. The van der Waals surface area contributed by atoms with Gasteiger partial charge in [-0.3, -0.25) is 10.1 Å². The van der Waals surface area contributed by atoms with Gasteiger partial charge in [0.1, 0.15) is 6.17 Å². The third-order valence-corrected chi connectivity index (χ3v) is 6.65. The Kier molecular flexibility index (Phi) is 7.55. The van der Waals surface area contributed by atoms with Gasteiger partial charge in [-0.1, -0.05) is 0 Å². The van der Waals surface area contributed by atoms with Crippen molar-refractivity contribution in [2.75, 3.05) is 19.7 Å². The number of piperidine rings is 2. The average Bonchev–Trinajstić information content (AvgIpc) is 2.62. The molecule has 3 aliphatic rings. The smallest absolute Gasteiger partial charge is 0.225 e. The number of hydrogen-bond donors (Lipinski definition) is 4. The fourth-order valence-corrected chi connectivity index (χ4v) is 5.22. The number of carbonyl (C=O) groups excluding carboxylic acids is 1. The van der Waals surface area contributed by atoms with Crippen molar-refractivity contribution in [3.8, 4) is 0 Å². The molecule has 0 aromatic carbocycles. The van der Waals surface area contributed by atoms with Gasteiger partial charge in [0, 0.05) is 18.0 Å². The van der Waals surface area contributed by atoms with Crippen molar-refractivity contribution in [2.45, 2.75) is 75.1 Å². The standard InChI is InChI=1S/C19H33ClFN3O2/c20-15-6-13(7-16(21)8-15)5-12-1-4-18(23-9-12)24-19(26)14-2-3-17(11-25)22-10-14/h12-18,22-23,25H,1-11H2,(H,24,26). The third kappa shape index (κ3) is 5.78. The van der Waals surface area contributed by atoms with Gasteiger partial charge in [-0.05, 0) is 69.7 Å². The first-order valence-electron chi connectivity index (χ1n) is 10.2. The second-order valence-corrected chi connectivity index (χ2v) is 9.10. The molecule has 3 fully saturated rings. The quantitative estimate of drug-likeness (QED) is 0.542. The lowest BCUT2D eigenvalue weighted by Crippen LogP contribution is -2.54. The van der Waals surface area contributed by atoms with Crippen LogP contribution in [0.4, 0.5) is 4.39 Å². The number of carbonyl (C=O) groups is 1. The van der Waals surface area contributed by atoms with Crippen LogP contribution < -0.4 is 16.0 Å². The molecule has 0 radical (unpaired) electrons. The molecule has 150 valence electrons. The summed E-state index contributed by atoms with van der Waals surface area (Å²) in [6.07, 6.45) is 6.07. The van der Waals surface area contributed by atoms with E-state index in [2.05, 4.69) is 16.0 Å². The SMILES string of the molecule is O=C(NC1CCC(CC2CC(F)CC(Cl)C2)CN1)C1CCC(CO)NC1. The molecular weight excluding hydrogens is 357 g/mol. The maximum Gasteiger partial charge on any atom is 0.225 e. The lowest BCUT2D eigenvalue weighted by Gasteiger charge is -2.36. The molecule has 5 nitrogen and oxygen atoms in total. The lowest BCUT2D eigenvalue weighted by molar-refractivity contribution is -0.127. The zero-order valence-corrected chi connectivity index (χ0v) is 16.2. The van der Waals surface area contributed by atoms with Gasteiger partial charge in [0.05, 0.1) is 18.7 Å². The van der Waals surface area contributed by atoms with Crippen molar-refractivity contribution in [1.29, 1.82) is 0 Å². The van der Waals surface area contributed by atoms with Crippen molar-refractivity contribution >= 4 is 17.5 Å². The molecule has 7 atom stereocenters. The first-order valence-corrected chi connectivity index (χ1v) is 10.6. The second kappa shape index (κ2) is 9.67. The number of aliphatic hydroxyl groups excluding tert-OH is 1. The van der Waals surface area contributed by atoms with E-state index in [-0.39, 0.29) is 36.0 Å². The lowest BCUT2D eigenvalue weighted by atomic mass is 9.79. The molecule has 7 heteroatoms. The summed E-state index contributed by atoms with van der Waals surface area (Å²) in [6, 6.07) is 0.129. The van der Waals surface area contributed by atoms with Crippen molar-refractivity contribution in [2.24, 2.45) is 17.8 Å². The van der Waals surface area contributed by atoms with Crippen LogP contribution in [0, 0.1) is 17.8 Å². The zero-order valence-electron chi connectivity index (χ0n) is 15.4. The van der Waals surface area contributed by atoms with E-state index in [9.17, 15) is 9.18 Å². The molecule has 0 aromatic rings. The van der Waals surface area contributed by atoms with Crippen LogP contribution in [-0.2, 0) is 4.79 Å². The number of aliphatic hydroxyl groups is 1. The van der Waals surface area contributed by atoms with E-state index in [1.807, 2.05) is 0 Å². The van der Waals surface area contributed by atoms with E-state index < -0.39 is 6.17 Å². The molecule has 2 aliphatic heterocycles. The van der Waals surface area contributed by atoms with Crippen molar-refractivity contribution in [1.82, 2.24) is 16.0 Å². The van der Waals surface area contributed by atoms with Gasteiger partial charge in [-0.15, -0.1) is 11.6 Å². The molecular formula is C19H33ClFN3O2. The molecule has 0 spiro atoms. The molecule has 1 aliphatic carbocycles. The number of amides is 1. The van der Waals surface area contributed by atoms with Gasteiger partial charge < -0.3 is 15.7 Å². The molecule has 1 saturated carbocycles. The van der Waals surface area contributed by atoms with Crippen molar-refractivity contribution in [3.05, 3.63) is 0 Å². The Morgan fingerprint density at radius 2 is 1.92 bits per heavy atom. The molecule has 2 heterocycles. The average molecular weight is 390 g/mol. The Bertz CT molecular complexity index is 444. The highest BCUT2D eigenvalue weighted by molar-refractivity contribution is 6.20. The second-order valence-electron chi connectivity index (χ2n) is 8.48. The van der Waals surface area contributed by atoms with Crippen LogP contribution >= 0.6 is 11.6 Å². The summed E-state index contributed by atoms with van der Waals surface area (Å²) in [4.78, 5) is 12.4. The fraction of sp³-hybridized carbons (Fsp3) is 0.947.